The highest BCUT2D eigenvalue weighted by Gasteiger charge is 2.31. The van der Waals surface area contributed by atoms with Crippen molar-refractivity contribution >= 4 is 11.9 Å². The van der Waals surface area contributed by atoms with Crippen LogP contribution >= 0.6 is 0 Å². The third kappa shape index (κ3) is 5.19. The van der Waals surface area contributed by atoms with Crippen LogP contribution in [0.2, 0.25) is 0 Å². The number of piperidine rings is 1. The van der Waals surface area contributed by atoms with Gasteiger partial charge in [0.05, 0.1) is 5.41 Å². The molecule has 1 saturated heterocycles. The summed E-state index contributed by atoms with van der Waals surface area (Å²) in [5.74, 6) is -0.310. The SMILES string of the molecule is CCC(C)(CNC(=O)CCC1CCCNC1)C(=O)O. The Balaban J connectivity index is 2.25. The lowest BCUT2D eigenvalue weighted by Gasteiger charge is -2.24. The molecule has 0 saturated carbocycles. The van der Waals surface area contributed by atoms with E-state index in [4.69, 9.17) is 5.11 Å². The highest BCUT2D eigenvalue weighted by molar-refractivity contribution is 5.78. The number of aliphatic carboxylic acids is 1. The van der Waals surface area contributed by atoms with Gasteiger partial charge in [0.15, 0.2) is 0 Å². The zero-order valence-electron chi connectivity index (χ0n) is 12.0. The third-order valence-electron chi connectivity index (χ3n) is 4.15. The van der Waals surface area contributed by atoms with Crippen molar-refractivity contribution in [1.29, 1.82) is 0 Å². The van der Waals surface area contributed by atoms with E-state index in [1.54, 1.807) is 6.92 Å². The molecular formula is C14H26N2O3. The van der Waals surface area contributed by atoms with Crippen LogP contribution in [-0.4, -0.2) is 36.6 Å². The zero-order chi connectivity index (χ0) is 14.3. The maximum Gasteiger partial charge on any atom is 0.311 e. The molecule has 3 N–H and O–H groups in total. The number of carbonyl (C=O) groups is 2. The van der Waals surface area contributed by atoms with Crippen LogP contribution in [-0.2, 0) is 9.59 Å². The van der Waals surface area contributed by atoms with E-state index in [2.05, 4.69) is 10.6 Å². The minimum Gasteiger partial charge on any atom is -0.481 e. The van der Waals surface area contributed by atoms with E-state index < -0.39 is 11.4 Å². The minimum atomic E-state index is -0.859. The maximum atomic E-state index is 11.7. The first-order valence-corrected chi connectivity index (χ1v) is 7.19. The average molecular weight is 270 g/mol. The van der Waals surface area contributed by atoms with Crippen molar-refractivity contribution in [2.45, 2.75) is 46.0 Å². The Morgan fingerprint density at radius 2 is 2.21 bits per heavy atom. The Morgan fingerprint density at radius 1 is 1.47 bits per heavy atom. The molecule has 1 heterocycles. The molecule has 5 nitrogen and oxygen atoms in total. The molecule has 0 aliphatic carbocycles. The molecule has 1 rings (SSSR count). The summed E-state index contributed by atoms with van der Waals surface area (Å²) >= 11 is 0. The molecule has 1 aliphatic heterocycles. The molecule has 0 bridgehead atoms. The van der Waals surface area contributed by atoms with Gasteiger partial charge in [-0.1, -0.05) is 6.92 Å². The molecule has 0 aromatic carbocycles. The molecule has 5 heteroatoms. The Kier molecular flexibility index (Phi) is 6.28. The predicted octanol–water partition coefficient (Wildman–Crippen LogP) is 1.38. The van der Waals surface area contributed by atoms with Crippen LogP contribution < -0.4 is 10.6 Å². The summed E-state index contributed by atoms with van der Waals surface area (Å²) in [4.78, 5) is 22.9. The standard InChI is InChI=1S/C14H26N2O3/c1-3-14(2,13(18)19)10-16-12(17)7-6-11-5-4-8-15-9-11/h11,15H,3-10H2,1-2H3,(H,16,17)(H,18,19). The van der Waals surface area contributed by atoms with Gasteiger partial charge in [0.1, 0.15) is 0 Å². The molecule has 19 heavy (non-hydrogen) atoms. The number of carboxylic acids is 1. The van der Waals surface area contributed by atoms with Crippen LogP contribution in [0.3, 0.4) is 0 Å². The first-order chi connectivity index (χ1) is 8.98. The lowest BCUT2D eigenvalue weighted by atomic mass is 9.87. The predicted molar refractivity (Wildman–Crippen MR) is 73.9 cm³/mol. The summed E-state index contributed by atoms with van der Waals surface area (Å²) in [7, 11) is 0. The smallest absolute Gasteiger partial charge is 0.311 e. The summed E-state index contributed by atoms with van der Waals surface area (Å²) in [6.45, 7) is 5.78. The summed E-state index contributed by atoms with van der Waals surface area (Å²) < 4.78 is 0. The van der Waals surface area contributed by atoms with Gasteiger partial charge in [-0.3, -0.25) is 9.59 Å². The second-order valence-corrected chi connectivity index (χ2v) is 5.75. The average Bonchev–Trinajstić information content (AvgIpc) is 2.43. The molecule has 1 amide bonds. The highest BCUT2D eigenvalue weighted by atomic mass is 16.4. The fourth-order valence-electron chi connectivity index (χ4n) is 2.24. The minimum absolute atomic E-state index is 0.0356. The highest BCUT2D eigenvalue weighted by Crippen LogP contribution is 2.20. The Hall–Kier alpha value is -1.10. The second kappa shape index (κ2) is 7.48. The zero-order valence-corrected chi connectivity index (χ0v) is 12.0. The molecule has 0 aromatic heterocycles. The lowest BCUT2D eigenvalue weighted by molar-refractivity contribution is -0.148. The molecule has 0 radical (unpaired) electrons. The van der Waals surface area contributed by atoms with E-state index >= 15 is 0 Å². The van der Waals surface area contributed by atoms with Crippen molar-refractivity contribution < 1.29 is 14.7 Å². The van der Waals surface area contributed by atoms with Crippen LogP contribution in [0.1, 0.15) is 46.0 Å². The van der Waals surface area contributed by atoms with Crippen molar-refractivity contribution in [2.75, 3.05) is 19.6 Å². The molecule has 2 unspecified atom stereocenters. The van der Waals surface area contributed by atoms with Crippen LogP contribution in [0.15, 0.2) is 0 Å². The van der Waals surface area contributed by atoms with Crippen molar-refractivity contribution in [1.82, 2.24) is 10.6 Å². The number of hydrogen-bond donors (Lipinski definition) is 3. The van der Waals surface area contributed by atoms with Crippen molar-refractivity contribution in [3.63, 3.8) is 0 Å². The normalized spacial score (nSPS) is 22.5. The van der Waals surface area contributed by atoms with Gasteiger partial charge in [-0.2, -0.15) is 0 Å². The molecule has 0 spiro atoms. The van der Waals surface area contributed by atoms with Gasteiger partial charge in [0.25, 0.3) is 0 Å². The number of hydrogen-bond acceptors (Lipinski definition) is 3. The molecular weight excluding hydrogens is 244 g/mol. The summed E-state index contributed by atoms with van der Waals surface area (Å²) in [5.41, 5.74) is -0.859. The van der Waals surface area contributed by atoms with Crippen molar-refractivity contribution in [3.05, 3.63) is 0 Å². The molecule has 2 atom stereocenters. The lowest BCUT2D eigenvalue weighted by Crippen LogP contribution is -2.40. The maximum absolute atomic E-state index is 11.7. The summed E-state index contributed by atoms with van der Waals surface area (Å²) in [6.07, 6.45) is 4.25. The van der Waals surface area contributed by atoms with Crippen LogP contribution in [0.5, 0.6) is 0 Å². The van der Waals surface area contributed by atoms with Crippen LogP contribution in [0.25, 0.3) is 0 Å². The third-order valence-corrected chi connectivity index (χ3v) is 4.15. The van der Waals surface area contributed by atoms with Gasteiger partial charge in [0, 0.05) is 13.0 Å². The summed E-state index contributed by atoms with van der Waals surface area (Å²) in [5, 5.41) is 15.2. The quantitative estimate of drug-likeness (QED) is 0.653. The van der Waals surface area contributed by atoms with E-state index in [1.165, 1.54) is 12.8 Å². The van der Waals surface area contributed by atoms with E-state index in [-0.39, 0.29) is 12.5 Å². The fraction of sp³-hybridized carbons (Fsp3) is 0.857. The summed E-state index contributed by atoms with van der Waals surface area (Å²) in [6, 6.07) is 0. The molecule has 110 valence electrons. The van der Waals surface area contributed by atoms with Crippen LogP contribution in [0, 0.1) is 11.3 Å². The van der Waals surface area contributed by atoms with E-state index in [0.717, 1.165) is 19.5 Å². The first-order valence-electron chi connectivity index (χ1n) is 7.19. The Bertz CT molecular complexity index is 314. The Morgan fingerprint density at radius 3 is 2.74 bits per heavy atom. The molecule has 0 aromatic rings. The first kappa shape index (κ1) is 16.0. The van der Waals surface area contributed by atoms with Gasteiger partial charge in [-0.05, 0) is 51.6 Å². The largest absolute Gasteiger partial charge is 0.481 e. The number of rotatable bonds is 7. The van der Waals surface area contributed by atoms with Crippen LogP contribution in [0.4, 0.5) is 0 Å². The monoisotopic (exact) mass is 270 g/mol. The fourth-order valence-corrected chi connectivity index (χ4v) is 2.24. The van der Waals surface area contributed by atoms with E-state index in [9.17, 15) is 9.59 Å². The van der Waals surface area contributed by atoms with Gasteiger partial charge in [-0.25, -0.2) is 0 Å². The second-order valence-electron chi connectivity index (χ2n) is 5.75. The number of nitrogens with one attached hydrogen (secondary N) is 2. The Labute approximate surface area is 115 Å². The van der Waals surface area contributed by atoms with Gasteiger partial charge in [0.2, 0.25) is 5.91 Å². The van der Waals surface area contributed by atoms with E-state index in [0.29, 0.717) is 18.8 Å². The van der Waals surface area contributed by atoms with E-state index in [1.807, 2.05) is 6.92 Å². The van der Waals surface area contributed by atoms with Gasteiger partial charge < -0.3 is 15.7 Å². The topological polar surface area (TPSA) is 78.4 Å². The van der Waals surface area contributed by atoms with Crippen molar-refractivity contribution in [3.8, 4) is 0 Å². The number of carbonyl (C=O) groups excluding carboxylic acids is 1. The molecule has 1 aliphatic rings. The molecule has 1 fully saturated rings. The van der Waals surface area contributed by atoms with Gasteiger partial charge >= 0.3 is 5.97 Å². The van der Waals surface area contributed by atoms with Crippen molar-refractivity contribution in [2.24, 2.45) is 11.3 Å². The number of carboxylic acid groups (broad SMARTS) is 1. The number of amides is 1. The van der Waals surface area contributed by atoms with Gasteiger partial charge in [-0.15, -0.1) is 0 Å².